The average Bonchev–Trinajstić information content (AvgIpc) is 0.956. The first-order chi connectivity index (χ1) is 42.7. The summed E-state index contributed by atoms with van der Waals surface area (Å²) in [6, 6.07) is 26.2. The van der Waals surface area contributed by atoms with Crippen LogP contribution in [0.15, 0.2) is 144 Å². The maximum absolute atomic E-state index is 13.7. The van der Waals surface area contributed by atoms with E-state index < -0.39 is 108 Å². The van der Waals surface area contributed by atoms with Crippen molar-refractivity contribution in [3.05, 3.63) is 172 Å². The van der Waals surface area contributed by atoms with E-state index in [4.69, 9.17) is 56.7 Å². The van der Waals surface area contributed by atoms with Crippen LogP contribution in [-0.4, -0.2) is 107 Å². The van der Waals surface area contributed by atoms with E-state index in [0.29, 0.717) is 10.9 Å². The van der Waals surface area contributed by atoms with Crippen LogP contribution in [0.1, 0.15) is 83.6 Å². The Balaban J connectivity index is 0.000000219. The zero-order valence-electron chi connectivity index (χ0n) is 59.1. The van der Waals surface area contributed by atoms with Gasteiger partial charge >= 0.3 is 0 Å². The summed E-state index contributed by atoms with van der Waals surface area (Å²) in [4.78, 5) is 18.4. The Morgan fingerprint density at radius 2 is 1.14 bits per heavy atom. The maximum Gasteiger partial charge on any atom is 0.269 e. The van der Waals surface area contributed by atoms with Crippen molar-refractivity contribution in [2.75, 3.05) is 44.9 Å². The van der Waals surface area contributed by atoms with Crippen LogP contribution in [-0.2, 0) is 33.1 Å². The van der Waals surface area contributed by atoms with E-state index in [1.807, 2.05) is 12.2 Å². The highest BCUT2D eigenvalue weighted by Gasteiger charge is 2.32. The number of piperidine rings is 2. The maximum atomic E-state index is 13.7. The van der Waals surface area contributed by atoms with Gasteiger partial charge in [-0.25, -0.2) is 29.8 Å². The molecule has 19 heteroatoms. The van der Waals surface area contributed by atoms with E-state index in [1.54, 1.807) is 110 Å². The number of fused-ring (bicyclic) bond motifs is 2. The molecular weight excluding hydrogens is 1040 g/mol. The lowest BCUT2D eigenvalue weighted by Crippen LogP contribution is -2.51. The minimum atomic E-state index is -4.33. The molecule has 2 saturated heterocycles. The minimum absolute atomic E-state index is 0. The highest BCUT2D eigenvalue weighted by molar-refractivity contribution is 7.90. The second kappa shape index (κ2) is 24.5. The molecule has 4 aromatic heterocycles. The van der Waals surface area contributed by atoms with Gasteiger partial charge in [-0.05, 0) is 129 Å². The number of halogens is 3. The van der Waals surface area contributed by atoms with Gasteiger partial charge in [-0.1, -0.05) is 129 Å². The summed E-state index contributed by atoms with van der Waals surface area (Å²) in [6.07, 6.45) is 1.48. The second-order valence-corrected chi connectivity index (χ2v) is 21.3. The lowest BCUT2D eigenvalue weighted by atomic mass is 9.92. The third kappa shape index (κ3) is 13.0. The normalized spacial score (nSPS) is 28.4. The summed E-state index contributed by atoms with van der Waals surface area (Å²) >= 11 is 18.0. The van der Waals surface area contributed by atoms with Crippen molar-refractivity contribution < 1.29 is 44.3 Å². The van der Waals surface area contributed by atoms with Crippen LogP contribution in [0.4, 0.5) is 5.82 Å². The van der Waals surface area contributed by atoms with Crippen molar-refractivity contribution >= 4 is 82.7 Å². The Morgan fingerprint density at radius 3 is 1.65 bits per heavy atom. The molecule has 4 atom stereocenters. The van der Waals surface area contributed by atoms with E-state index in [9.17, 15) is 22.3 Å². The molecule has 0 amide bonds. The summed E-state index contributed by atoms with van der Waals surface area (Å²) < 4.78 is 221. The van der Waals surface area contributed by atoms with Crippen LogP contribution < -0.4 is 10.2 Å². The Bertz CT molecular complexity index is 4250. The second-order valence-electron chi connectivity index (χ2n) is 16.6. The summed E-state index contributed by atoms with van der Waals surface area (Å²) in [5.41, 5.74) is 2.87. The summed E-state index contributed by atoms with van der Waals surface area (Å²) in [7, 11) is -8.10. The lowest BCUT2D eigenvalue weighted by Gasteiger charge is -2.42. The molecule has 2 aliphatic rings. The number of nitrogens with one attached hydrogen (secondary N) is 1. The smallest absolute Gasteiger partial charge is 0.269 e. The fourth-order valence-corrected chi connectivity index (χ4v) is 10.8. The molecule has 6 heterocycles. The van der Waals surface area contributed by atoms with E-state index in [-0.39, 0.29) is 76.2 Å². The Kier molecular flexibility index (Phi) is 11.6. The molecule has 392 valence electrons. The van der Waals surface area contributed by atoms with E-state index >= 15 is 0 Å². The number of aryl methyl sites for hydroxylation is 2. The van der Waals surface area contributed by atoms with E-state index in [1.165, 1.54) is 23.2 Å². The van der Waals surface area contributed by atoms with Crippen molar-refractivity contribution in [2.24, 2.45) is 11.8 Å². The monoisotopic (exact) mass is 1120 g/mol. The first kappa shape index (κ1) is 35.0. The highest BCUT2D eigenvalue weighted by Crippen LogP contribution is 2.33. The fraction of sp³-hybridized carbons (Fsp3) is 0.345. The molecule has 0 aliphatic carbocycles. The zero-order chi connectivity index (χ0) is 69.3. The number of rotatable bonds is 11. The Morgan fingerprint density at radius 1 is 0.649 bits per heavy atom. The average molecular weight is 1120 g/mol. The van der Waals surface area contributed by atoms with Crippen LogP contribution in [0.5, 0.6) is 0 Å². The SMILES string of the molecule is C.Cc1ccc(S(=O)(=O)n2ccc3c(Cl)nc(Cl)nc32)cc1.[2H]C([2H])([2H])N(c1nc(Cl)nc2c1ccn2S(=O)(=O)c1ccc(C)cc1)C1([2H])C([2H])([2H])N(Cc2ccccc2)CCC1([2H])C([2H])([2H])[2H].[2H]C([2H])([2H])NC1([2H])C([2H])([2H])N(Cc2ccccc2)CCC1([2H])C([2H])([2H])[2H]. The topological polar surface area (TPSA) is 151 Å². The van der Waals surface area contributed by atoms with Gasteiger partial charge < -0.3 is 10.2 Å². The summed E-state index contributed by atoms with van der Waals surface area (Å²) in [5, 5.41) is 1.35. The molecule has 0 spiro atoms. The largest absolute Gasteiger partial charge is 0.354 e. The molecule has 8 aromatic rings. The van der Waals surface area contributed by atoms with Crippen LogP contribution >= 0.6 is 34.8 Å². The summed E-state index contributed by atoms with van der Waals surface area (Å²) in [6.45, 7) is -15.5. The van der Waals surface area contributed by atoms with Gasteiger partial charge in [-0.2, -0.15) is 15.0 Å². The number of likely N-dealkylation sites (tertiary alicyclic amines) is 2. The van der Waals surface area contributed by atoms with Gasteiger partial charge in [0.15, 0.2) is 11.3 Å². The lowest BCUT2D eigenvalue weighted by molar-refractivity contribution is 0.147. The number of hydrogen-bond acceptors (Lipinski definition) is 12. The number of likely N-dealkylation sites (N-methyl/N-ethyl adjacent to an activating group) is 2. The molecule has 2 fully saturated rings. The van der Waals surface area contributed by atoms with Crippen LogP contribution in [0, 0.1) is 25.6 Å². The Hall–Kier alpha value is -5.43. The van der Waals surface area contributed by atoms with Gasteiger partial charge in [-0.3, -0.25) is 9.80 Å². The van der Waals surface area contributed by atoms with Gasteiger partial charge in [0, 0.05) is 83.5 Å². The zero-order valence-corrected chi connectivity index (χ0v) is 43.0. The van der Waals surface area contributed by atoms with Gasteiger partial charge in [-0.15, -0.1) is 0 Å². The van der Waals surface area contributed by atoms with Crippen LogP contribution in [0.3, 0.4) is 0 Å². The van der Waals surface area contributed by atoms with Crippen molar-refractivity contribution in [2.45, 2.75) is 82.7 Å². The molecule has 14 nitrogen and oxygen atoms in total. The number of nitrogens with zero attached hydrogens (tertiary/aromatic N) is 9. The molecular formula is C55H65Cl3N10O4S2. The summed E-state index contributed by atoms with van der Waals surface area (Å²) in [5.74, 6) is -6.40. The highest BCUT2D eigenvalue weighted by atomic mass is 35.5. The van der Waals surface area contributed by atoms with E-state index in [0.717, 1.165) is 41.8 Å². The van der Waals surface area contributed by atoms with Gasteiger partial charge in [0.1, 0.15) is 11.0 Å². The molecule has 0 saturated carbocycles. The fourth-order valence-electron chi connectivity index (χ4n) is 7.62. The molecule has 4 unspecified atom stereocenters. The molecule has 10 rings (SSSR count). The van der Waals surface area contributed by atoms with Crippen LogP contribution in [0.25, 0.3) is 22.1 Å². The first-order valence-corrected chi connectivity index (χ1v) is 26.3. The van der Waals surface area contributed by atoms with Gasteiger partial charge in [0.25, 0.3) is 20.0 Å². The predicted molar refractivity (Wildman–Crippen MR) is 300 cm³/mol. The number of hydrogen-bond donors (Lipinski definition) is 1. The molecule has 0 bridgehead atoms. The third-order valence-electron chi connectivity index (χ3n) is 11.4. The number of anilines is 1. The number of benzene rings is 4. The van der Waals surface area contributed by atoms with Crippen LogP contribution in [0.2, 0.25) is 15.7 Å². The molecule has 1 N–H and O–H groups in total. The minimum Gasteiger partial charge on any atom is -0.354 e. The molecule has 2 aliphatic heterocycles. The molecule has 4 aromatic carbocycles. The number of aromatic nitrogens is 6. The molecule has 0 radical (unpaired) electrons. The quantitative estimate of drug-likeness (QED) is 0.0969. The standard InChI is InChI=1S/C27H30ClN5O2S.C14H22N2.C13H9Cl2N3O2S.CH4/c1-19-9-11-22(12-10-19)36(34,35)33-16-14-23-25(29-27(28)30-26(23)33)31(3)24-18-32(15-13-20(24)2)17-21-7-5-4-6-8-21;1-12-8-9-16(11-14(12)15-2)10-13-6-4-3-5-7-13;1-8-2-4-9(5-3-8)21(19,20)18-7-6-10-11(14)16-13(15)17-12(10)18;/h4-12,14,16,20,24H,13,15,17-18H2,1-3H3;3-7,12,14-15H,8-11H2,1-2H3;2-7H,1H3;1H4/i2D3,3D3,18D2,20D,24D;1D3,2D3,11D2,12D,14D;;. The van der Waals surface area contributed by atoms with Crippen molar-refractivity contribution in [3.8, 4) is 0 Å². The van der Waals surface area contributed by atoms with E-state index in [2.05, 4.69) is 19.9 Å². The third-order valence-corrected chi connectivity index (χ3v) is 15.4. The van der Waals surface area contributed by atoms with Gasteiger partial charge in [0.2, 0.25) is 10.6 Å². The van der Waals surface area contributed by atoms with Crippen molar-refractivity contribution in [3.63, 3.8) is 0 Å². The van der Waals surface area contributed by atoms with Crippen molar-refractivity contribution in [1.82, 2.24) is 43.0 Å². The van der Waals surface area contributed by atoms with Crippen molar-refractivity contribution in [1.29, 1.82) is 0 Å². The van der Waals surface area contributed by atoms with Gasteiger partial charge in [0.05, 0.1) is 21.9 Å². The first-order valence-electron chi connectivity index (χ1n) is 32.3. The predicted octanol–water partition coefficient (Wildman–Crippen LogP) is 11.0. The molecule has 74 heavy (non-hydrogen) atoms. The Labute approximate surface area is 479 Å².